The smallest absolute Gasteiger partial charge is 0.183 e. The van der Waals surface area contributed by atoms with Crippen molar-refractivity contribution in [1.29, 1.82) is 5.26 Å². The van der Waals surface area contributed by atoms with Gasteiger partial charge < -0.3 is 4.42 Å². The van der Waals surface area contributed by atoms with E-state index in [2.05, 4.69) is 0 Å². The Morgan fingerprint density at radius 1 is 1.60 bits per heavy atom. The lowest BCUT2D eigenvalue weighted by Crippen LogP contribution is -2.14. The Balaban J connectivity index is 2.79. The topological polar surface area (TPSA) is 54.0 Å². The minimum atomic E-state index is -0.554. The molecular weight excluding hydrogens is 190 g/mol. The second-order valence-electron chi connectivity index (χ2n) is 4.12. The summed E-state index contributed by atoms with van der Waals surface area (Å²) in [6, 6.07) is 3.72. The lowest BCUT2D eigenvalue weighted by molar-refractivity contribution is 0.0936. The highest BCUT2D eigenvalue weighted by atomic mass is 16.3. The van der Waals surface area contributed by atoms with E-state index in [1.165, 1.54) is 6.26 Å². The van der Waals surface area contributed by atoms with Gasteiger partial charge in [-0.15, -0.1) is 0 Å². The minimum absolute atomic E-state index is 0.136. The number of carbonyl (C=O) groups is 1. The van der Waals surface area contributed by atoms with E-state index in [0.29, 0.717) is 23.7 Å². The highest BCUT2D eigenvalue weighted by Gasteiger charge is 2.21. The molecule has 0 bridgehead atoms. The molecular formula is C12H15NO2. The van der Waals surface area contributed by atoms with Gasteiger partial charge in [0.15, 0.2) is 5.78 Å². The van der Waals surface area contributed by atoms with Gasteiger partial charge in [-0.3, -0.25) is 4.79 Å². The number of rotatable bonds is 4. The monoisotopic (exact) mass is 205 g/mol. The second kappa shape index (κ2) is 4.79. The fraction of sp³-hybridized carbons (Fsp3) is 0.500. The van der Waals surface area contributed by atoms with Gasteiger partial charge in [0.05, 0.1) is 11.6 Å². The number of Topliss-reactive ketones (excluding diaryl/α,β-unsaturated/α-hetero) is 1. The van der Waals surface area contributed by atoms with Crippen LogP contribution in [0.15, 0.2) is 16.7 Å². The number of hydrogen-bond donors (Lipinski definition) is 0. The Morgan fingerprint density at radius 2 is 2.27 bits per heavy atom. The first kappa shape index (κ1) is 11.5. The Kier molecular flexibility index (Phi) is 3.68. The summed E-state index contributed by atoms with van der Waals surface area (Å²) in [5.41, 5.74) is 0.500. The van der Waals surface area contributed by atoms with E-state index in [1.807, 2.05) is 19.9 Å². The Bertz CT molecular complexity index is 385. The van der Waals surface area contributed by atoms with Gasteiger partial charge in [-0.25, -0.2) is 0 Å². The Hall–Kier alpha value is -1.56. The number of carbonyl (C=O) groups excluding carboxylic acids is 1. The van der Waals surface area contributed by atoms with E-state index < -0.39 is 5.92 Å². The Morgan fingerprint density at radius 3 is 2.67 bits per heavy atom. The molecule has 0 aromatic carbocycles. The van der Waals surface area contributed by atoms with E-state index in [9.17, 15) is 4.79 Å². The number of hydrogen-bond acceptors (Lipinski definition) is 3. The molecule has 0 N–H and O–H groups in total. The van der Waals surface area contributed by atoms with E-state index in [4.69, 9.17) is 9.68 Å². The third-order valence-electron chi connectivity index (χ3n) is 2.19. The summed E-state index contributed by atoms with van der Waals surface area (Å²) in [6.45, 7) is 5.77. The maximum atomic E-state index is 11.8. The van der Waals surface area contributed by atoms with Crippen molar-refractivity contribution in [2.75, 3.05) is 0 Å². The molecule has 0 amide bonds. The van der Waals surface area contributed by atoms with Gasteiger partial charge in [0.25, 0.3) is 0 Å². The van der Waals surface area contributed by atoms with Gasteiger partial charge in [0.1, 0.15) is 17.9 Å². The summed E-state index contributed by atoms with van der Waals surface area (Å²) >= 11 is 0. The van der Waals surface area contributed by atoms with Crippen molar-refractivity contribution in [3.05, 3.63) is 23.7 Å². The van der Waals surface area contributed by atoms with E-state index in [-0.39, 0.29) is 5.78 Å². The second-order valence-corrected chi connectivity index (χ2v) is 4.12. The van der Waals surface area contributed by atoms with Crippen molar-refractivity contribution in [3.63, 3.8) is 0 Å². The molecule has 1 unspecified atom stereocenters. The van der Waals surface area contributed by atoms with Crippen molar-refractivity contribution in [2.45, 2.75) is 27.2 Å². The molecule has 1 atom stereocenters. The van der Waals surface area contributed by atoms with Gasteiger partial charge in [-0.05, 0) is 25.3 Å². The molecule has 3 heteroatoms. The van der Waals surface area contributed by atoms with E-state index in [0.717, 1.165) is 0 Å². The van der Waals surface area contributed by atoms with Crippen LogP contribution in [0.2, 0.25) is 0 Å². The summed E-state index contributed by atoms with van der Waals surface area (Å²) in [4.78, 5) is 11.8. The molecule has 0 spiro atoms. The number of furan rings is 1. The SMILES string of the molecule is Cc1cc(C(=O)C(C#N)CC(C)C)co1. The van der Waals surface area contributed by atoms with Gasteiger partial charge in [-0.2, -0.15) is 5.26 Å². The molecule has 0 aliphatic carbocycles. The highest BCUT2D eigenvalue weighted by molar-refractivity contribution is 5.99. The standard InChI is InChI=1S/C12H15NO2/c1-8(2)4-10(6-13)12(14)11-5-9(3)15-7-11/h5,7-8,10H,4H2,1-3H3. The molecule has 1 aromatic heterocycles. The fourth-order valence-corrected chi connectivity index (χ4v) is 1.46. The molecule has 0 saturated carbocycles. The minimum Gasteiger partial charge on any atom is -0.469 e. The third kappa shape index (κ3) is 2.95. The molecule has 0 radical (unpaired) electrons. The molecule has 1 rings (SSSR count). The van der Waals surface area contributed by atoms with Gasteiger partial charge in [-0.1, -0.05) is 13.8 Å². The first-order chi connectivity index (χ1) is 7.04. The van der Waals surface area contributed by atoms with Crippen molar-refractivity contribution >= 4 is 5.78 Å². The van der Waals surface area contributed by atoms with Crippen LogP contribution >= 0.6 is 0 Å². The zero-order valence-electron chi connectivity index (χ0n) is 9.28. The average molecular weight is 205 g/mol. The molecule has 0 fully saturated rings. The third-order valence-corrected chi connectivity index (χ3v) is 2.19. The van der Waals surface area contributed by atoms with Crippen LogP contribution in [0.5, 0.6) is 0 Å². The van der Waals surface area contributed by atoms with E-state index in [1.54, 1.807) is 13.0 Å². The predicted octanol–water partition coefficient (Wildman–Crippen LogP) is 2.96. The Labute approximate surface area is 89.7 Å². The van der Waals surface area contributed by atoms with Crippen molar-refractivity contribution < 1.29 is 9.21 Å². The molecule has 3 nitrogen and oxygen atoms in total. The van der Waals surface area contributed by atoms with Crippen LogP contribution in [-0.2, 0) is 0 Å². The van der Waals surface area contributed by atoms with Crippen molar-refractivity contribution in [3.8, 4) is 6.07 Å². The normalized spacial score (nSPS) is 12.5. The zero-order chi connectivity index (χ0) is 11.4. The van der Waals surface area contributed by atoms with Gasteiger partial charge >= 0.3 is 0 Å². The van der Waals surface area contributed by atoms with Crippen molar-refractivity contribution in [1.82, 2.24) is 0 Å². The quantitative estimate of drug-likeness (QED) is 0.710. The maximum absolute atomic E-state index is 11.8. The van der Waals surface area contributed by atoms with Crippen LogP contribution < -0.4 is 0 Å². The van der Waals surface area contributed by atoms with Crippen molar-refractivity contribution in [2.24, 2.45) is 11.8 Å². The zero-order valence-corrected chi connectivity index (χ0v) is 9.28. The summed E-state index contributed by atoms with van der Waals surface area (Å²) < 4.78 is 5.06. The number of ketones is 1. The van der Waals surface area contributed by atoms with Crippen LogP contribution in [-0.4, -0.2) is 5.78 Å². The number of nitriles is 1. The number of aryl methyl sites for hydroxylation is 1. The summed E-state index contributed by atoms with van der Waals surface area (Å²) in [6.07, 6.45) is 2.02. The van der Waals surface area contributed by atoms with E-state index >= 15 is 0 Å². The molecule has 15 heavy (non-hydrogen) atoms. The van der Waals surface area contributed by atoms with Crippen LogP contribution in [0.1, 0.15) is 36.4 Å². The largest absolute Gasteiger partial charge is 0.469 e. The van der Waals surface area contributed by atoms with Gasteiger partial charge in [0.2, 0.25) is 0 Å². The first-order valence-corrected chi connectivity index (χ1v) is 5.03. The molecule has 80 valence electrons. The predicted molar refractivity (Wildman–Crippen MR) is 56.3 cm³/mol. The average Bonchev–Trinajstić information content (AvgIpc) is 2.60. The van der Waals surface area contributed by atoms with Crippen LogP contribution in [0.3, 0.4) is 0 Å². The molecule has 1 aromatic rings. The lowest BCUT2D eigenvalue weighted by Gasteiger charge is -2.08. The fourth-order valence-electron chi connectivity index (χ4n) is 1.46. The van der Waals surface area contributed by atoms with Gasteiger partial charge in [0, 0.05) is 0 Å². The number of nitrogens with zero attached hydrogens (tertiary/aromatic N) is 1. The molecule has 1 heterocycles. The first-order valence-electron chi connectivity index (χ1n) is 5.03. The molecule has 0 aliphatic heterocycles. The molecule has 0 saturated heterocycles. The summed E-state index contributed by atoms with van der Waals surface area (Å²) in [5.74, 6) is 0.344. The van der Waals surface area contributed by atoms with Crippen LogP contribution in [0, 0.1) is 30.1 Å². The lowest BCUT2D eigenvalue weighted by atomic mass is 9.92. The van der Waals surface area contributed by atoms with Crippen LogP contribution in [0.25, 0.3) is 0 Å². The van der Waals surface area contributed by atoms with Crippen LogP contribution in [0.4, 0.5) is 0 Å². The summed E-state index contributed by atoms with van der Waals surface area (Å²) in [7, 11) is 0. The maximum Gasteiger partial charge on any atom is 0.183 e. The highest BCUT2D eigenvalue weighted by Crippen LogP contribution is 2.18. The summed E-state index contributed by atoms with van der Waals surface area (Å²) in [5, 5.41) is 8.91. The molecule has 0 aliphatic rings.